The van der Waals surface area contributed by atoms with Crippen LogP contribution in [0.15, 0.2) is 10.6 Å². The maximum atomic E-state index is 11.0. The Morgan fingerprint density at radius 1 is 1.77 bits per heavy atom. The minimum absolute atomic E-state index is 0.0179. The highest BCUT2D eigenvalue weighted by atomic mass is 32.1. The first-order valence-corrected chi connectivity index (χ1v) is 4.65. The van der Waals surface area contributed by atoms with Crippen molar-refractivity contribution in [3.05, 3.63) is 17.5 Å². The molecule has 0 saturated carbocycles. The van der Waals surface area contributed by atoms with Crippen molar-refractivity contribution < 1.29 is 9.32 Å². The lowest BCUT2D eigenvalue weighted by Crippen LogP contribution is -2.22. The quantitative estimate of drug-likeness (QED) is 0.711. The van der Waals surface area contributed by atoms with Crippen LogP contribution in [-0.4, -0.2) is 16.8 Å². The van der Waals surface area contributed by atoms with Gasteiger partial charge in [0.1, 0.15) is 11.5 Å². The highest BCUT2D eigenvalue weighted by Gasteiger charge is 2.02. The van der Waals surface area contributed by atoms with Crippen LogP contribution in [0.2, 0.25) is 0 Å². The first kappa shape index (κ1) is 10.1. The summed E-state index contributed by atoms with van der Waals surface area (Å²) in [5, 5.41) is 6.44. The summed E-state index contributed by atoms with van der Waals surface area (Å²) in [4.78, 5) is 11.0. The largest absolute Gasteiger partial charge is 0.361 e. The fourth-order valence-corrected chi connectivity index (χ4v) is 1.08. The van der Waals surface area contributed by atoms with E-state index in [1.54, 1.807) is 6.07 Å². The number of rotatable bonds is 4. The van der Waals surface area contributed by atoms with E-state index in [9.17, 15) is 4.79 Å². The van der Waals surface area contributed by atoms with E-state index in [1.165, 1.54) is 0 Å². The van der Waals surface area contributed by atoms with Crippen LogP contribution in [-0.2, 0) is 11.3 Å². The summed E-state index contributed by atoms with van der Waals surface area (Å²) >= 11 is 3.95. The number of nitrogens with one attached hydrogen (secondary N) is 1. The molecule has 4 nitrogen and oxygen atoms in total. The third-order valence-electron chi connectivity index (χ3n) is 1.48. The van der Waals surface area contributed by atoms with Crippen molar-refractivity contribution >= 4 is 18.5 Å². The Morgan fingerprint density at radius 3 is 3.08 bits per heavy atom. The van der Waals surface area contributed by atoms with Gasteiger partial charge in [0, 0.05) is 12.5 Å². The summed E-state index contributed by atoms with van der Waals surface area (Å²) in [6.45, 7) is 2.23. The molecule has 0 aliphatic carbocycles. The van der Waals surface area contributed by atoms with Crippen molar-refractivity contribution in [2.75, 3.05) is 5.75 Å². The van der Waals surface area contributed by atoms with Crippen molar-refractivity contribution in [3.8, 4) is 0 Å². The second-order valence-electron chi connectivity index (χ2n) is 2.68. The van der Waals surface area contributed by atoms with E-state index in [2.05, 4.69) is 23.1 Å². The number of carbonyl (C=O) groups excluding carboxylic acids is 1. The molecule has 1 amide bonds. The molecule has 1 rings (SSSR count). The monoisotopic (exact) mass is 200 g/mol. The maximum Gasteiger partial charge on any atom is 0.221 e. The van der Waals surface area contributed by atoms with Crippen molar-refractivity contribution in [1.82, 2.24) is 10.5 Å². The molecule has 0 aliphatic heterocycles. The van der Waals surface area contributed by atoms with Gasteiger partial charge in [-0.1, -0.05) is 5.16 Å². The predicted octanol–water partition coefficient (Wildman–Crippen LogP) is 0.919. The van der Waals surface area contributed by atoms with Crippen LogP contribution in [0.5, 0.6) is 0 Å². The number of nitrogens with zero attached hydrogens (tertiary/aromatic N) is 1. The molecule has 1 aromatic rings. The van der Waals surface area contributed by atoms with Crippen LogP contribution in [0, 0.1) is 6.92 Å². The lowest BCUT2D eigenvalue weighted by Gasteiger charge is -1.99. The number of aromatic nitrogens is 1. The van der Waals surface area contributed by atoms with E-state index in [4.69, 9.17) is 4.52 Å². The molecule has 0 aliphatic rings. The second-order valence-corrected chi connectivity index (χ2v) is 3.13. The summed E-state index contributed by atoms with van der Waals surface area (Å²) in [6.07, 6.45) is 0.431. The average Bonchev–Trinajstić information content (AvgIpc) is 2.49. The summed E-state index contributed by atoms with van der Waals surface area (Å²) in [5.41, 5.74) is 0.741. The third-order valence-corrected chi connectivity index (χ3v) is 1.71. The lowest BCUT2D eigenvalue weighted by atomic mass is 10.3. The maximum absolute atomic E-state index is 11.0. The number of aryl methyl sites for hydroxylation is 1. The number of hydrogen-bond acceptors (Lipinski definition) is 4. The van der Waals surface area contributed by atoms with Crippen molar-refractivity contribution in [3.63, 3.8) is 0 Å². The molecule has 0 unspecified atom stereocenters. The molecule has 0 bridgehead atoms. The Kier molecular flexibility index (Phi) is 3.82. The first-order valence-electron chi connectivity index (χ1n) is 4.02. The number of thiol groups is 1. The zero-order chi connectivity index (χ0) is 9.68. The van der Waals surface area contributed by atoms with Gasteiger partial charge in [-0.3, -0.25) is 4.79 Å². The molecule has 1 aromatic heterocycles. The molecule has 1 N–H and O–H groups in total. The molecular formula is C8H12N2O2S. The molecule has 0 aromatic carbocycles. The minimum atomic E-state index is -0.0179. The zero-order valence-electron chi connectivity index (χ0n) is 7.41. The molecule has 0 saturated heterocycles. The molecule has 5 heteroatoms. The lowest BCUT2D eigenvalue weighted by molar-refractivity contribution is -0.120. The van der Waals surface area contributed by atoms with Crippen molar-refractivity contribution in [2.45, 2.75) is 19.9 Å². The van der Waals surface area contributed by atoms with Crippen LogP contribution in [0.3, 0.4) is 0 Å². The van der Waals surface area contributed by atoms with E-state index >= 15 is 0 Å². The van der Waals surface area contributed by atoms with Crippen molar-refractivity contribution in [1.29, 1.82) is 0 Å². The van der Waals surface area contributed by atoms with Gasteiger partial charge in [0.05, 0.1) is 6.54 Å². The standard InChI is InChI=1S/C8H12N2O2S/c1-6-4-7(10-12-6)5-9-8(11)2-3-13/h4,13H,2-3,5H2,1H3,(H,9,11). The van der Waals surface area contributed by atoms with Gasteiger partial charge in [-0.05, 0) is 12.7 Å². The highest BCUT2D eigenvalue weighted by Crippen LogP contribution is 2.00. The molecule has 0 fully saturated rings. The van der Waals surface area contributed by atoms with Crippen LogP contribution >= 0.6 is 12.6 Å². The summed E-state index contributed by atoms with van der Waals surface area (Å²) < 4.78 is 4.84. The predicted molar refractivity (Wildman–Crippen MR) is 51.6 cm³/mol. The van der Waals surface area contributed by atoms with Crippen molar-refractivity contribution in [2.24, 2.45) is 0 Å². The van der Waals surface area contributed by atoms with Crippen LogP contribution < -0.4 is 5.32 Å². The molecule has 0 spiro atoms. The molecule has 72 valence electrons. The number of amides is 1. The summed E-state index contributed by atoms with van der Waals surface area (Å²) in [7, 11) is 0. The van der Waals surface area contributed by atoms with E-state index in [1.807, 2.05) is 6.92 Å². The Labute approximate surface area is 82.1 Å². The molecule has 0 atom stereocenters. The summed E-state index contributed by atoms with van der Waals surface area (Å²) in [5.74, 6) is 1.29. The Morgan fingerprint density at radius 2 is 2.54 bits per heavy atom. The highest BCUT2D eigenvalue weighted by molar-refractivity contribution is 7.80. The molecular weight excluding hydrogens is 188 g/mol. The van der Waals surface area contributed by atoms with Crippen LogP contribution in [0.1, 0.15) is 17.9 Å². The van der Waals surface area contributed by atoms with Gasteiger partial charge in [0.25, 0.3) is 0 Å². The minimum Gasteiger partial charge on any atom is -0.361 e. The van der Waals surface area contributed by atoms with Gasteiger partial charge in [-0.25, -0.2) is 0 Å². The third kappa shape index (κ3) is 3.50. The average molecular weight is 200 g/mol. The van der Waals surface area contributed by atoms with Crippen LogP contribution in [0.25, 0.3) is 0 Å². The topological polar surface area (TPSA) is 55.1 Å². The summed E-state index contributed by atoms with van der Waals surface area (Å²) in [6, 6.07) is 1.79. The van der Waals surface area contributed by atoms with E-state index in [0.717, 1.165) is 11.5 Å². The van der Waals surface area contributed by atoms with Gasteiger partial charge in [-0.2, -0.15) is 12.6 Å². The second kappa shape index (κ2) is 4.91. The van der Waals surface area contributed by atoms with Gasteiger partial charge < -0.3 is 9.84 Å². The Balaban J connectivity index is 2.30. The fraction of sp³-hybridized carbons (Fsp3) is 0.500. The van der Waals surface area contributed by atoms with Gasteiger partial charge >= 0.3 is 0 Å². The molecule has 0 radical (unpaired) electrons. The molecule has 13 heavy (non-hydrogen) atoms. The van der Waals surface area contributed by atoms with Gasteiger partial charge in [0.2, 0.25) is 5.91 Å². The number of hydrogen-bond donors (Lipinski definition) is 2. The smallest absolute Gasteiger partial charge is 0.221 e. The Bertz CT molecular complexity index is 285. The van der Waals surface area contributed by atoms with E-state index < -0.39 is 0 Å². The SMILES string of the molecule is Cc1cc(CNC(=O)CCS)no1. The first-order chi connectivity index (χ1) is 6.22. The Hall–Kier alpha value is -0.970. The molecule has 1 heterocycles. The van der Waals surface area contributed by atoms with E-state index in [0.29, 0.717) is 18.7 Å². The van der Waals surface area contributed by atoms with Gasteiger partial charge in [-0.15, -0.1) is 0 Å². The normalized spacial score (nSPS) is 10.0. The number of carbonyl (C=O) groups is 1. The zero-order valence-corrected chi connectivity index (χ0v) is 8.30. The van der Waals surface area contributed by atoms with Crippen LogP contribution in [0.4, 0.5) is 0 Å². The van der Waals surface area contributed by atoms with Gasteiger partial charge in [0.15, 0.2) is 0 Å². The van der Waals surface area contributed by atoms with E-state index in [-0.39, 0.29) is 5.91 Å². The fourth-order valence-electron chi connectivity index (χ4n) is 0.880.